The number of rotatable bonds is 4. The summed E-state index contributed by atoms with van der Waals surface area (Å²) < 4.78 is 2.30. The van der Waals surface area contributed by atoms with Crippen LogP contribution in [0.5, 0.6) is 0 Å². The lowest BCUT2D eigenvalue weighted by atomic mass is 10.0. The lowest BCUT2D eigenvalue weighted by Gasteiger charge is -2.12. The van der Waals surface area contributed by atoms with E-state index in [0.717, 1.165) is 6.42 Å². The highest BCUT2D eigenvalue weighted by molar-refractivity contribution is 5.68. The van der Waals surface area contributed by atoms with Gasteiger partial charge in [-0.2, -0.15) is 0 Å². The van der Waals surface area contributed by atoms with Crippen LogP contribution in [-0.2, 0) is 6.42 Å². The van der Waals surface area contributed by atoms with Crippen LogP contribution in [-0.4, -0.2) is 4.57 Å². The third kappa shape index (κ3) is 2.89. The third-order valence-corrected chi connectivity index (χ3v) is 4.33. The summed E-state index contributed by atoms with van der Waals surface area (Å²) in [7, 11) is 0. The van der Waals surface area contributed by atoms with Crippen molar-refractivity contribution in [1.29, 1.82) is 0 Å². The quantitative estimate of drug-likeness (QED) is 0.453. The highest BCUT2D eigenvalue weighted by atomic mass is 15.0. The second kappa shape index (κ2) is 6.59. The van der Waals surface area contributed by atoms with Crippen LogP contribution in [0.25, 0.3) is 16.8 Å². The minimum absolute atomic E-state index is 0.910. The van der Waals surface area contributed by atoms with E-state index in [9.17, 15) is 0 Å². The number of benzene rings is 3. The number of aromatic nitrogens is 1. The van der Waals surface area contributed by atoms with Crippen LogP contribution in [0.15, 0.2) is 103 Å². The molecule has 0 atom stereocenters. The van der Waals surface area contributed by atoms with Gasteiger partial charge in [0.25, 0.3) is 0 Å². The van der Waals surface area contributed by atoms with Crippen molar-refractivity contribution >= 4 is 0 Å². The molecule has 0 saturated heterocycles. The van der Waals surface area contributed by atoms with Gasteiger partial charge in [0.1, 0.15) is 0 Å². The number of hydrogen-bond donors (Lipinski definition) is 0. The zero-order chi connectivity index (χ0) is 16.2. The first-order valence-corrected chi connectivity index (χ1v) is 8.27. The minimum atomic E-state index is 0.910. The smallest absolute Gasteiger partial charge is 0.0452 e. The molecule has 1 nitrogen and oxygen atoms in total. The van der Waals surface area contributed by atoms with E-state index < -0.39 is 0 Å². The van der Waals surface area contributed by atoms with Crippen LogP contribution in [0, 0.1) is 0 Å². The maximum atomic E-state index is 2.30. The van der Waals surface area contributed by atoms with E-state index in [2.05, 4.69) is 108 Å². The zero-order valence-corrected chi connectivity index (χ0v) is 13.5. The molecule has 3 aromatic carbocycles. The molecule has 0 amide bonds. The lowest BCUT2D eigenvalue weighted by Crippen LogP contribution is -2.01. The molecule has 0 aliphatic carbocycles. The molecule has 0 fully saturated rings. The molecular formula is C23H19N. The van der Waals surface area contributed by atoms with Crippen LogP contribution in [0.1, 0.15) is 11.3 Å². The molecule has 24 heavy (non-hydrogen) atoms. The molecule has 4 rings (SSSR count). The minimum Gasteiger partial charge on any atom is -0.320 e. The van der Waals surface area contributed by atoms with Crippen molar-refractivity contribution in [3.63, 3.8) is 0 Å². The van der Waals surface area contributed by atoms with E-state index >= 15 is 0 Å². The molecule has 116 valence electrons. The Morgan fingerprint density at radius 1 is 0.583 bits per heavy atom. The molecule has 0 aliphatic heterocycles. The van der Waals surface area contributed by atoms with Gasteiger partial charge in [0, 0.05) is 29.6 Å². The molecule has 0 unspecified atom stereocenters. The molecule has 1 heterocycles. The fourth-order valence-electron chi connectivity index (χ4n) is 3.15. The largest absolute Gasteiger partial charge is 0.320 e. The van der Waals surface area contributed by atoms with Crippen molar-refractivity contribution in [3.05, 3.63) is 115 Å². The van der Waals surface area contributed by atoms with Gasteiger partial charge in [-0.3, -0.25) is 0 Å². The standard InChI is InChI=1S/C23H19N/c1-4-10-19(11-5-1)18-23-22(20-12-6-2-7-13-20)16-17-24(23)21-14-8-3-9-15-21/h1-17H,18H2. The first-order chi connectivity index (χ1) is 11.9. The van der Waals surface area contributed by atoms with Gasteiger partial charge < -0.3 is 4.57 Å². The van der Waals surface area contributed by atoms with Crippen LogP contribution >= 0.6 is 0 Å². The number of hydrogen-bond acceptors (Lipinski definition) is 0. The van der Waals surface area contributed by atoms with Crippen molar-refractivity contribution < 1.29 is 0 Å². The first-order valence-electron chi connectivity index (χ1n) is 8.27. The molecule has 0 radical (unpaired) electrons. The second-order valence-electron chi connectivity index (χ2n) is 5.91. The first kappa shape index (κ1) is 14.5. The monoisotopic (exact) mass is 309 g/mol. The maximum Gasteiger partial charge on any atom is 0.0452 e. The summed E-state index contributed by atoms with van der Waals surface area (Å²) in [5, 5.41) is 0. The van der Waals surface area contributed by atoms with Gasteiger partial charge in [0.05, 0.1) is 0 Å². The Labute approximate surface area is 142 Å². The van der Waals surface area contributed by atoms with E-state index in [1.807, 2.05) is 0 Å². The molecular weight excluding hydrogens is 290 g/mol. The SMILES string of the molecule is c1ccc(Cc2c(-c3ccccc3)ccn2-c2ccccc2)cc1. The summed E-state index contributed by atoms with van der Waals surface area (Å²) in [5.41, 5.74) is 6.40. The van der Waals surface area contributed by atoms with Crippen LogP contribution in [0.2, 0.25) is 0 Å². The normalized spacial score (nSPS) is 10.7. The fourth-order valence-corrected chi connectivity index (χ4v) is 3.15. The summed E-state index contributed by atoms with van der Waals surface area (Å²) >= 11 is 0. The summed E-state index contributed by atoms with van der Waals surface area (Å²) in [6, 6.07) is 34.0. The molecule has 1 aromatic heterocycles. The van der Waals surface area contributed by atoms with E-state index in [0.29, 0.717) is 0 Å². The van der Waals surface area contributed by atoms with E-state index in [1.54, 1.807) is 0 Å². The lowest BCUT2D eigenvalue weighted by molar-refractivity contribution is 0.961. The Hall–Kier alpha value is -3.06. The van der Waals surface area contributed by atoms with Crippen molar-refractivity contribution in [2.75, 3.05) is 0 Å². The van der Waals surface area contributed by atoms with Crippen LogP contribution in [0.3, 0.4) is 0 Å². The zero-order valence-electron chi connectivity index (χ0n) is 13.5. The number of nitrogens with zero attached hydrogens (tertiary/aromatic N) is 1. The van der Waals surface area contributed by atoms with Gasteiger partial charge in [-0.1, -0.05) is 78.9 Å². The maximum absolute atomic E-state index is 2.30. The van der Waals surface area contributed by atoms with E-state index in [4.69, 9.17) is 0 Å². The van der Waals surface area contributed by atoms with E-state index in [1.165, 1.54) is 28.1 Å². The summed E-state index contributed by atoms with van der Waals surface area (Å²) in [5.74, 6) is 0. The predicted octanol–water partition coefficient (Wildman–Crippen LogP) is 5.74. The van der Waals surface area contributed by atoms with Gasteiger partial charge in [-0.05, 0) is 29.3 Å². The Morgan fingerprint density at radius 2 is 1.17 bits per heavy atom. The average Bonchev–Trinajstić information content (AvgIpc) is 3.07. The molecule has 1 heteroatoms. The summed E-state index contributed by atoms with van der Waals surface area (Å²) in [6.45, 7) is 0. The Balaban J connectivity index is 1.85. The molecule has 0 bridgehead atoms. The highest BCUT2D eigenvalue weighted by Crippen LogP contribution is 2.29. The van der Waals surface area contributed by atoms with Gasteiger partial charge >= 0.3 is 0 Å². The van der Waals surface area contributed by atoms with Crippen molar-refractivity contribution in [2.45, 2.75) is 6.42 Å². The topological polar surface area (TPSA) is 4.93 Å². The second-order valence-corrected chi connectivity index (χ2v) is 5.91. The van der Waals surface area contributed by atoms with Crippen molar-refractivity contribution in [1.82, 2.24) is 4.57 Å². The predicted molar refractivity (Wildman–Crippen MR) is 100 cm³/mol. The third-order valence-electron chi connectivity index (χ3n) is 4.33. The molecule has 4 aromatic rings. The van der Waals surface area contributed by atoms with Crippen molar-refractivity contribution in [2.24, 2.45) is 0 Å². The molecule has 0 saturated carbocycles. The summed E-state index contributed by atoms with van der Waals surface area (Å²) in [6.07, 6.45) is 3.09. The van der Waals surface area contributed by atoms with Gasteiger partial charge in [-0.15, -0.1) is 0 Å². The molecule has 0 aliphatic rings. The Kier molecular flexibility index (Phi) is 3.99. The molecule has 0 N–H and O–H groups in total. The van der Waals surface area contributed by atoms with E-state index in [-0.39, 0.29) is 0 Å². The number of para-hydroxylation sites is 1. The van der Waals surface area contributed by atoms with Crippen LogP contribution < -0.4 is 0 Å². The van der Waals surface area contributed by atoms with Gasteiger partial charge in [0.2, 0.25) is 0 Å². The van der Waals surface area contributed by atoms with Crippen LogP contribution in [0.4, 0.5) is 0 Å². The summed E-state index contributed by atoms with van der Waals surface area (Å²) in [4.78, 5) is 0. The highest BCUT2D eigenvalue weighted by Gasteiger charge is 2.12. The fraction of sp³-hybridized carbons (Fsp3) is 0.0435. The van der Waals surface area contributed by atoms with Gasteiger partial charge in [-0.25, -0.2) is 0 Å². The Morgan fingerprint density at radius 3 is 1.83 bits per heavy atom. The molecule has 0 spiro atoms. The average molecular weight is 309 g/mol. The Bertz CT molecular complexity index is 849. The van der Waals surface area contributed by atoms with Crippen molar-refractivity contribution in [3.8, 4) is 16.8 Å². The van der Waals surface area contributed by atoms with Gasteiger partial charge in [0.15, 0.2) is 0 Å².